The highest BCUT2D eigenvalue weighted by molar-refractivity contribution is 5.59. The summed E-state index contributed by atoms with van der Waals surface area (Å²) < 4.78 is 0. The molecule has 0 bridgehead atoms. The molecule has 1 heterocycles. The summed E-state index contributed by atoms with van der Waals surface area (Å²) >= 11 is 0. The lowest BCUT2D eigenvalue weighted by atomic mass is 10.2. The summed E-state index contributed by atoms with van der Waals surface area (Å²) in [5, 5.41) is 22.6. The molecule has 1 rings (SSSR count). The Morgan fingerprint density at radius 2 is 2.37 bits per heavy atom. The third kappa shape index (κ3) is 3.51. The monoisotopic (exact) mass is 264 g/mol. The average Bonchev–Trinajstić information content (AvgIpc) is 2.38. The fraction of sp³-hybridized carbons (Fsp3) is 0.545. The van der Waals surface area contributed by atoms with Crippen LogP contribution in [0.5, 0.6) is 0 Å². The smallest absolute Gasteiger partial charge is 0.329 e. The van der Waals surface area contributed by atoms with Gasteiger partial charge in [-0.2, -0.15) is 10.2 Å². The SMILES string of the molecule is CCNc1ncc([N+](=O)[O-])c(N(C)C(C)CC#N)n1. The number of nitro groups is 1. The van der Waals surface area contributed by atoms with Gasteiger partial charge in [0.05, 0.1) is 17.4 Å². The summed E-state index contributed by atoms with van der Waals surface area (Å²) in [4.78, 5) is 20.1. The first-order valence-corrected chi connectivity index (χ1v) is 5.86. The van der Waals surface area contributed by atoms with Crippen LogP contribution in [0.1, 0.15) is 20.3 Å². The third-order valence-corrected chi connectivity index (χ3v) is 2.66. The maximum absolute atomic E-state index is 11.0. The largest absolute Gasteiger partial charge is 0.354 e. The van der Waals surface area contributed by atoms with E-state index in [1.54, 1.807) is 11.9 Å². The molecule has 0 fully saturated rings. The molecule has 0 aliphatic heterocycles. The molecular weight excluding hydrogens is 248 g/mol. The minimum absolute atomic E-state index is 0.172. The van der Waals surface area contributed by atoms with Gasteiger partial charge in [0.15, 0.2) is 0 Å². The summed E-state index contributed by atoms with van der Waals surface area (Å²) in [6, 6.07) is 1.86. The number of anilines is 2. The van der Waals surface area contributed by atoms with Crippen LogP contribution in [-0.2, 0) is 0 Å². The topological polar surface area (TPSA) is 108 Å². The summed E-state index contributed by atoms with van der Waals surface area (Å²) in [5.74, 6) is 0.540. The Labute approximate surface area is 111 Å². The van der Waals surface area contributed by atoms with Gasteiger partial charge in [-0.3, -0.25) is 10.1 Å². The molecule has 1 atom stereocenters. The van der Waals surface area contributed by atoms with Crippen molar-refractivity contribution < 1.29 is 4.92 Å². The van der Waals surface area contributed by atoms with Gasteiger partial charge in [0.25, 0.3) is 0 Å². The van der Waals surface area contributed by atoms with Crippen molar-refractivity contribution in [1.29, 1.82) is 5.26 Å². The standard InChI is InChI=1S/C11H16N6O2/c1-4-13-11-14-7-9(17(18)19)10(15-11)16(3)8(2)5-6-12/h7-8H,4-5H2,1-3H3,(H,13,14,15). The number of hydrogen-bond acceptors (Lipinski definition) is 7. The van der Waals surface area contributed by atoms with Crippen molar-refractivity contribution in [2.75, 3.05) is 23.8 Å². The van der Waals surface area contributed by atoms with Crippen molar-refractivity contribution in [3.05, 3.63) is 16.3 Å². The highest BCUT2D eigenvalue weighted by Crippen LogP contribution is 2.26. The van der Waals surface area contributed by atoms with Crippen LogP contribution in [0.3, 0.4) is 0 Å². The minimum Gasteiger partial charge on any atom is -0.354 e. The molecule has 8 nitrogen and oxygen atoms in total. The van der Waals surface area contributed by atoms with Gasteiger partial charge >= 0.3 is 5.69 Å². The Hall–Kier alpha value is -2.43. The number of aromatic nitrogens is 2. The van der Waals surface area contributed by atoms with Gasteiger partial charge in [0.2, 0.25) is 11.8 Å². The molecule has 0 aliphatic rings. The molecule has 0 amide bonds. The fourth-order valence-corrected chi connectivity index (χ4v) is 1.48. The molecule has 1 N–H and O–H groups in total. The Morgan fingerprint density at radius 3 is 2.89 bits per heavy atom. The zero-order valence-electron chi connectivity index (χ0n) is 11.1. The molecule has 1 unspecified atom stereocenters. The molecule has 0 radical (unpaired) electrons. The van der Waals surface area contributed by atoms with E-state index in [9.17, 15) is 10.1 Å². The van der Waals surface area contributed by atoms with E-state index < -0.39 is 4.92 Å². The van der Waals surface area contributed by atoms with Crippen LogP contribution in [0.2, 0.25) is 0 Å². The van der Waals surface area contributed by atoms with Crippen molar-refractivity contribution >= 4 is 17.5 Å². The first-order valence-electron chi connectivity index (χ1n) is 5.86. The van der Waals surface area contributed by atoms with Crippen molar-refractivity contribution in [3.63, 3.8) is 0 Å². The van der Waals surface area contributed by atoms with E-state index >= 15 is 0 Å². The number of hydrogen-bond donors (Lipinski definition) is 1. The van der Waals surface area contributed by atoms with E-state index in [0.29, 0.717) is 12.5 Å². The van der Waals surface area contributed by atoms with Gasteiger partial charge in [-0.15, -0.1) is 0 Å². The van der Waals surface area contributed by atoms with Gasteiger partial charge < -0.3 is 10.2 Å². The van der Waals surface area contributed by atoms with Crippen LogP contribution in [0, 0.1) is 21.4 Å². The number of nitrogens with zero attached hydrogens (tertiary/aromatic N) is 5. The minimum atomic E-state index is -0.527. The fourth-order valence-electron chi connectivity index (χ4n) is 1.48. The molecule has 19 heavy (non-hydrogen) atoms. The predicted molar refractivity (Wildman–Crippen MR) is 70.9 cm³/mol. The van der Waals surface area contributed by atoms with Crippen molar-refractivity contribution in [2.24, 2.45) is 0 Å². The van der Waals surface area contributed by atoms with Crippen LogP contribution in [0.15, 0.2) is 6.20 Å². The van der Waals surface area contributed by atoms with E-state index in [0.717, 1.165) is 0 Å². The van der Waals surface area contributed by atoms with Crippen molar-refractivity contribution in [1.82, 2.24) is 9.97 Å². The molecular formula is C11H16N6O2. The Balaban J connectivity index is 3.17. The second kappa shape index (κ2) is 6.49. The number of nitrogens with one attached hydrogen (secondary N) is 1. The van der Waals surface area contributed by atoms with E-state index in [-0.39, 0.29) is 24.0 Å². The Kier molecular flexibility index (Phi) is 5.00. The lowest BCUT2D eigenvalue weighted by Gasteiger charge is -2.23. The molecule has 0 saturated heterocycles. The molecule has 0 aliphatic carbocycles. The highest BCUT2D eigenvalue weighted by atomic mass is 16.6. The predicted octanol–water partition coefficient (Wildman–Crippen LogP) is 1.55. The van der Waals surface area contributed by atoms with Gasteiger partial charge in [-0.1, -0.05) is 0 Å². The van der Waals surface area contributed by atoms with Crippen LogP contribution < -0.4 is 10.2 Å². The van der Waals surface area contributed by atoms with Gasteiger partial charge in [-0.05, 0) is 13.8 Å². The molecule has 0 spiro atoms. The van der Waals surface area contributed by atoms with Crippen molar-refractivity contribution in [2.45, 2.75) is 26.3 Å². The molecule has 0 saturated carbocycles. The quantitative estimate of drug-likeness (QED) is 0.613. The first-order chi connectivity index (χ1) is 9.01. The molecule has 102 valence electrons. The van der Waals surface area contributed by atoms with E-state index in [2.05, 4.69) is 15.3 Å². The van der Waals surface area contributed by atoms with Crippen LogP contribution in [-0.4, -0.2) is 34.5 Å². The van der Waals surface area contributed by atoms with Gasteiger partial charge in [-0.25, -0.2) is 4.98 Å². The normalized spacial score (nSPS) is 11.5. The summed E-state index contributed by atoms with van der Waals surface area (Å²) in [6.45, 7) is 4.31. The lowest BCUT2D eigenvalue weighted by molar-refractivity contribution is -0.384. The molecule has 0 aromatic carbocycles. The third-order valence-electron chi connectivity index (χ3n) is 2.66. The van der Waals surface area contributed by atoms with Crippen LogP contribution in [0.4, 0.5) is 17.5 Å². The van der Waals surface area contributed by atoms with E-state index in [4.69, 9.17) is 5.26 Å². The molecule has 8 heteroatoms. The first kappa shape index (κ1) is 14.6. The summed E-state index contributed by atoms with van der Waals surface area (Å²) in [6.07, 6.45) is 1.43. The van der Waals surface area contributed by atoms with Crippen molar-refractivity contribution in [3.8, 4) is 6.07 Å². The lowest BCUT2D eigenvalue weighted by Crippen LogP contribution is -2.30. The Bertz CT molecular complexity index is 498. The van der Waals surface area contributed by atoms with Gasteiger partial charge in [0, 0.05) is 19.6 Å². The van der Waals surface area contributed by atoms with Crippen LogP contribution >= 0.6 is 0 Å². The zero-order chi connectivity index (χ0) is 14.4. The Morgan fingerprint density at radius 1 is 1.68 bits per heavy atom. The average molecular weight is 264 g/mol. The maximum Gasteiger partial charge on any atom is 0.329 e. The highest BCUT2D eigenvalue weighted by Gasteiger charge is 2.23. The molecule has 1 aromatic heterocycles. The zero-order valence-corrected chi connectivity index (χ0v) is 11.1. The summed E-state index contributed by atoms with van der Waals surface area (Å²) in [7, 11) is 1.67. The summed E-state index contributed by atoms with van der Waals surface area (Å²) in [5.41, 5.74) is -0.172. The number of rotatable bonds is 6. The maximum atomic E-state index is 11.0. The second-order valence-corrected chi connectivity index (χ2v) is 4.01. The van der Waals surface area contributed by atoms with E-state index in [1.807, 2.05) is 19.9 Å². The van der Waals surface area contributed by atoms with Crippen LogP contribution in [0.25, 0.3) is 0 Å². The molecule has 1 aromatic rings. The second-order valence-electron chi connectivity index (χ2n) is 4.01. The van der Waals surface area contributed by atoms with Gasteiger partial charge in [0.1, 0.15) is 6.20 Å². The van der Waals surface area contributed by atoms with E-state index in [1.165, 1.54) is 6.20 Å². The number of nitriles is 1.